The molecule has 4 rings (SSSR count). The molecule has 1 aliphatic heterocycles. The van der Waals surface area contributed by atoms with E-state index in [0.717, 1.165) is 24.6 Å². The van der Waals surface area contributed by atoms with Gasteiger partial charge in [-0.1, -0.05) is 13.3 Å². The van der Waals surface area contributed by atoms with Crippen LogP contribution < -0.4 is 10.9 Å². The van der Waals surface area contributed by atoms with Crippen LogP contribution in [0.3, 0.4) is 0 Å². The van der Waals surface area contributed by atoms with Gasteiger partial charge in [-0.2, -0.15) is 4.98 Å². The number of sulfonamides is 1. The summed E-state index contributed by atoms with van der Waals surface area (Å²) < 4.78 is 28.3. The SMILES string of the molecule is C[C@H]1CCC[C@H]1n1c(=O)ccc2cnc(NC3CCN(S(=O)(=O)CC(C)(C)O)CC3)nc21. The summed E-state index contributed by atoms with van der Waals surface area (Å²) >= 11 is 0. The highest BCUT2D eigenvalue weighted by Crippen LogP contribution is 2.35. The number of aliphatic hydroxyl groups is 1. The summed E-state index contributed by atoms with van der Waals surface area (Å²) in [4.78, 5) is 21.8. The third-order valence-electron chi connectivity index (χ3n) is 6.53. The van der Waals surface area contributed by atoms with Crippen molar-refractivity contribution in [3.63, 3.8) is 0 Å². The zero-order valence-corrected chi connectivity index (χ0v) is 19.8. The van der Waals surface area contributed by atoms with Crippen LogP contribution in [0.4, 0.5) is 5.95 Å². The second kappa shape index (κ2) is 8.72. The Bertz CT molecular complexity index is 1130. The van der Waals surface area contributed by atoms with Crippen molar-refractivity contribution in [3.05, 3.63) is 28.7 Å². The first-order valence-corrected chi connectivity index (χ1v) is 13.0. The topological polar surface area (TPSA) is 117 Å². The zero-order chi connectivity index (χ0) is 23.1. The average molecular weight is 464 g/mol. The predicted molar refractivity (Wildman–Crippen MR) is 124 cm³/mol. The van der Waals surface area contributed by atoms with Crippen LogP contribution in [-0.2, 0) is 10.0 Å². The van der Waals surface area contributed by atoms with Crippen LogP contribution in [0.2, 0.25) is 0 Å². The van der Waals surface area contributed by atoms with Gasteiger partial charge in [0.1, 0.15) is 5.65 Å². The third-order valence-corrected chi connectivity index (χ3v) is 8.75. The molecule has 0 spiro atoms. The summed E-state index contributed by atoms with van der Waals surface area (Å²) in [7, 11) is -3.51. The number of hydrogen-bond acceptors (Lipinski definition) is 7. The minimum atomic E-state index is -3.51. The highest BCUT2D eigenvalue weighted by molar-refractivity contribution is 7.89. The number of anilines is 1. The van der Waals surface area contributed by atoms with Crippen LogP contribution in [0, 0.1) is 5.92 Å². The fourth-order valence-electron chi connectivity index (χ4n) is 4.94. The number of nitrogens with one attached hydrogen (secondary N) is 1. The highest BCUT2D eigenvalue weighted by Gasteiger charge is 2.33. The molecule has 0 amide bonds. The largest absolute Gasteiger partial charge is 0.389 e. The summed E-state index contributed by atoms with van der Waals surface area (Å²) in [5.74, 6) is 0.600. The average Bonchev–Trinajstić information content (AvgIpc) is 3.12. The molecule has 2 aliphatic rings. The first kappa shape index (κ1) is 23.1. The fourth-order valence-corrected chi connectivity index (χ4v) is 6.78. The summed E-state index contributed by atoms with van der Waals surface area (Å²) in [5, 5.41) is 14.1. The lowest BCUT2D eigenvalue weighted by atomic mass is 10.1. The van der Waals surface area contributed by atoms with Gasteiger partial charge in [0, 0.05) is 42.8 Å². The molecule has 0 unspecified atom stereocenters. The second-order valence-electron chi connectivity index (χ2n) is 9.88. The summed E-state index contributed by atoms with van der Waals surface area (Å²) in [6, 6.07) is 3.55. The molecule has 2 fully saturated rings. The van der Waals surface area contributed by atoms with E-state index in [9.17, 15) is 18.3 Å². The number of hydrogen-bond donors (Lipinski definition) is 2. The van der Waals surface area contributed by atoms with Crippen LogP contribution in [0.25, 0.3) is 11.0 Å². The molecular formula is C22H33N5O4S. The summed E-state index contributed by atoms with van der Waals surface area (Å²) in [6.45, 7) is 5.95. The fraction of sp³-hybridized carbons (Fsp3) is 0.682. The number of aromatic nitrogens is 3. The summed E-state index contributed by atoms with van der Waals surface area (Å²) in [5.41, 5.74) is -0.649. The van der Waals surface area contributed by atoms with E-state index in [0.29, 0.717) is 43.4 Å². The van der Waals surface area contributed by atoms with Gasteiger partial charge in [0.2, 0.25) is 16.0 Å². The Morgan fingerprint density at radius 1 is 1.19 bits per heavy atom. The minimum absolute atomic E-state index is 0.0359. The Hall–Kier alpha value is -2.04. The highest BCUT2D eigenvalue weighted by atomic mass is 32.2. The normalized spacial score (nSPS) is 23.6. The van der Waals surface area contributed by atoms with Crippen molar-refractivity contribution in [2.24, 2.45) is 5.92 Å². The standard InChI is InChI=1S/C22H33N5O4S/c1-15-5-4-6-18(15)27-19(28)8-7-16-13-23-21(25-20(16)27)24-17-9-11-26(12-10-17)32(30,31)14-22(2,3)29/h7-8,13,15,17-18,29H,4-6,9-12,14H2,1-3H3,(H,23,24,25)/t15-,18+/m0/s1. The van der Waals surface area contributed by atoms with Crippen molar-refractivity contribution in [3.8, 4) is 0 Å². The maximum Gasteiger partial charge on any atom is 0.252 e. The Kier molecular flexibility index (Phi) is 6.30. The zero-order valence-electron chi connectivity index (χ0n) is 19.0. The van der Waals surface area contributed by atoms with Gasteiger partial charge in [0.15, 0.2) is 0 Å². The molecule has 2 N–H and O–H groups in total. The van der Waals surface area contributed by atoms with E-state index in [1.54, 1.807) is 18.3 Å². The van der Waals surface area contributed by atoms with Crippen molar-refractivity contribution >= 4 is 27.0 Å². The lowest BCUT2D eigenvalue weighted by molar-refractivity contribution is 0.103. The Morgan fingerprint density at radius 2 is 1.91 bits per heavy atom. The molecule has 32 heavy (non-hydrogen) atoms. The molecule has 3 heterocycles. The molecule has 176 valence electrons. The maximum absolute atomic E-state index is 12.7. The van der Waals surface area contributed by atoms with Gasteiger partial charge in [-0.15, -0.1) is 0 Å². The molecule has 10 heteroatoms. The third kappa shape index (κ3) is 4.97. The Balaban J connectivity index is 1.49. The van der Waals surface area contributed by atoms with Gasteiger partial charge in [-0.05, 0) is 51.5 Å². The quantitative estimate of drug-likeness (QED) is 0.674. The molecule has 1 aliphatic carbocycles. The van der Waals surface area contributed by atoms with Gasteiger partial charge >= 0.3 is 0 Å². The number of fused-ring (bicyclic) bond motifs is 1. The molecule has 1 saturated heterocycles. The number of pyridine rings is 1. The van der Waals surface area contributed by atoms with Gasteiger partial charge < -0.3 is 10.4 Å². The van der Waals surface area contributed by atoms with Gasteiger partial charge in [-0.25, -0.2) is 17.7 Å². The van der Waals surface area contributed by atoms with E-state index in [2.05, 4.69) is 17.2 Å². The molecular weight excluding hydrogens is 430 g/mol. The van der Waals surface area contributed by atoms with E-state index >= 15 is 0 Å². The minimum Gasteiger partial charge on any atom is -0.389 e. The molecule has 2 aromatic rings. The lowest BCUT2D eigenvalue weighted by Crippen LogP contribution is -2.46. The first-order chi connectivity index (χ1) is 15.0. The van der Waals surface area contributed by atoms with E-state index in [1.807, 2.05) is 4.57 Å². The smallest absolute Gasteiger partial charge is 0.252 e. The Labute approximate surface area is 188 Å². The van der Waals surface area contributed by atoms with Crippen molar-refractivity contribution in [1.29, 1.82) is 0 Å². The monoisotopic (exact) mass is 463 g/mol. The van der Waals surface area contributed by atoms with Crippen molar-refractivity contribution in [2.75, 3.05) is 24.2 Å². The van der Waals surface area contributed by atoms with E-state index in [1.165, 1.54) is 18.2 Å². The van der Waals surface area contributed by atoms with Gasteiger partial charge in [-0.3, -0.25) is 9.36 Å². The van der Waals surface area contributed by atoms with Crippen LogP contribution in [0.1, 0.15) is 58.9 Å². The predicted octanol–water partition coefficient (Wildman–Crippen LogP) is 2.13. The molecule has 0 radical (unpaired) electrons. The van der Waals surface area contributed by atoms with Crippen LogP contribution >= 0.6 is 0 Å². The van der Waals surface area contributed by atoms with E-state index in [-0.39, 0.29) is 23.4 Å². The van der Waals surface area contributed by atoms with Crippen LogP contribution in [0.5, 0.6) is 0 Å². The van der Waals surface area contributed by atoms with Crippen LogP contribution in [-0.4, -0.2) is 62.8 Å². The van der Waals surface area contributed by atoms with E-state index in [4.69, 9.17) is 4.98 Å². The molecule has 2 atom stereocenters. The molecule has 0 bridgehead atoms. The second-order valence-corrected chi connectivity index (χ2v) is 11.8. The number of rotatable bonds is 6. The number of piperidine rings is 1. The van der Waals surface area contributed by atoms with Crippen molar-refractivity contribution in [1.82, 2.24) is 18.8 Å². The lowest BCUT2D eigenvalue weighted by Gasteiger charge is -2.33. The molecule has 9 nitrogen and oxygen atoms in total. The number of nitrogens with zero attached hydrogens (tertiary/aromatic N) is 4. The summed E-state index contributed by atoms with van der Waals surface area (Å²) in [6.07, 6.45) is 6.17. The maximum atomic E-state index is 12.7. The van der Waals surface area contributed by atoms with Gasteiger partial charge in [0.05, 0.1) is 11.4 Å². The molecule has 0 aromatic carbocycles. The first-order valence-electron chi connectivity index (χ1n) is 11.4. The Morgan fingerprint density at radius 3 is 2.53 bits per heavy atom. The van der Waals surface area contributed by atoms with Crippen molar-refractivity contribution < 1.29 is 13.5 Å². The van der Waals surface area contributed by atoms with Crippen molar-refractivity contribution in [2.45, 2.75) is 70.6 Å². The molecule has 1 saturated carbocycles. The molecule has 2 aromatic heterocycles. The van der Waals surface area contributed by atoms with Gasteiger partial charge in [0.25, 0.3) is 5.56 Å². The van der Waals surface area contributed by atoms with Crippen LogP contribution in [0.15, 0.2) is 23.1 Å². The van der Waals surface area contributed by atoms with E-state index < -0.39 is 15.6 Å².